The fourth-order valence-electron chi connectivity index (χ4n) is 2.56. The summed E-state index contributed by atoms with van der Waals surface area (Å²) in [4.78, 5) is 12.3. The molecule has 0 aromatic heterocycles. The summed E-state index contributed by atoms with van der Waals surface area (Å²) < 4.78 is 22.8. The van der Waals surface area contributed by atoms with E-state index in [2.05, 4.69) is 5.32 Å². The van der Waals surface area contributed by atoms with Crippen LogP contribution < -0.4 is 5.32 Å². The second-order valence-corrected chi connectivity index (χ2v) is 7.60. The highest BCUT2D eigenvalue weighted by Gasteiger charge is 2.23. The third kappa shape index (κ3) is 4.28. The van der Waals surface area contributed by atoms with Gasteiger partial charge < -0.3 is 10.4 Å². The van der Waals surface area contributed by atoms with E-state index in [1.807, 2.05) is 0 Å². The maximum Gasteiger partial charge on any atom is 0.251 e. The Balaban J connectivity index is 2.06. The Labute approximate surface area is 125 Å². The maximum absolute atomic E-state index is 12.2. The minimum atomic E-state index is -3.26. The molecular formula is C15H21NO4S. The molecule has 1 aliphatic rings. The molecular weight excluding hydrogens is 290 g/mol. The molecule has 1 aromatic carbocycles. The molecule has 2 unspecified atom stereocenters. The average molecular weight is 311 g/mol. The van der Waals surface area contributed by atoms with Gasteiger partial charge in [0.05, 0.1) is 17.0 Å². The van der Waals surface area contributed by atoms with Gasteiger partial charge in [0.2, 0.25) is 0 Å². The van der Waals surface area contributed by atoms with Crippen LogP contribution >= 0.6 is 0 Å². The van der Waals surface area contributed by atoms with Gasteiger partial charge in [0, 0.05) is 11.8 Å². The molecule has 1 amide bonds. The predicted octanol–water partition coefficient (Wildman–Crippen LogP) is 1.51. The summed E-state index contributed by atoms with van der Waals surface area (Å²) in [6, 6.07) is 5.61. The first-order valence-corrected chi connectivity index (χ1v) is 9.06. The summed E-state index contributed by atoms with van der Waals surface area (Å²) in [7, 11) is -3.26. The zero-order valence-corrected chi connectivity index (χ0v) is 12.9. The van der Waals surface area contributed by atoms with Gasteiger partial charge in [-0.2, -0.15) is 0 Å². The second kappa shape index (κ2) is 6.58. The molecule has 2 atom stereocenters. The van der Waals surface area contributed by atoms with Crippen LogP contribution in [0, 0.1) is 0 Å². The zero-order chi connectivity index (χ0) is 15.5. The molecule has 0 aliphatic heterocycles. The first kappa shape index (κ1) is 16.0. The number of nitrogens with one attached hydrogen (secondary N) is 1. The Morgan fingerprint density at radius 2 is 1.76 bits per heavy atom. The van der Waals surface area contributed by atoms with Crippen LogP contribution in [0.2, 0.25) is 0 Å². The highest BCUT2D eigenvalue weighted by atomic mass is 32.2. The fourth-order valence-corrected chi connectivity index (χ4v) is 3.19. The van der Waals surface area contributed by atoms with Crippen LogP contribution in [-0.4, -0.2) is 37.8 Å². The quantitative estimate of drug-likeness (QED) is 0.829. The Bertz CT molecular complexity index is 595. The molecule has 5 nitrogen and oxygen atoms in total. The highest BCUT2D eigenvalue weighted by Crippen LogP contribution is 2.18. The van der Waals surface area contributed by atoms with Gasteiger partial charge in [0.25, 0.3) is 5.91 Å². The second-order valence-electron chi connectivity index (χ2n) is 5.58. The highest BCUT2D eigenvalue weighted by molar-refractivity contribution is 7.90. The molecule has 1 aliphatic carbocycles. The normalized spacial score (nSPS) is 23.3. The van der Waals surface area contributed by atoms with Crippen molar-refractivity contribution in [3.8, 4) is 0 Å². The van der Waals surface area contributed by atoms with E-state index in [1.165, 1.54) is 24.3 Å². The number of aliphatic hydroxyl groups is 1. The van der Waals surface area contributed by atoms with Gasteiger partial charge >= 0.3 is 0 Å². The molecule has 0 saturated heterocycles. The Hall–Kier alpha value is -1.40. The molecule has 1 saturated carbocycles. The van der Waals surface area contributed by atoms with Crippen LogP contribution in [0.1, 0.15) is 42.5 Å². The largest absolute Gasteiger partial charge is 0.391 e. The molecule has 0 spiro atoms. The third-order valence-electron chi connectivity index (χ3n) is 3.84. The lowest BCUT2D eigenvalue weighted by Gasteiger charge is -2.21. The number of hydrogen-bond acceptors (Lipinski definition) is 4. The topological polar surface area (TPSA) is 83.5 Å². The summed E-state index contributed by atoms with van der Waals surface area (Å²) >= 11 is 0. The number of amides is 1. The number of carbonyl (C=O) groups is 1. The zero-order valence-electron chi connectivity index (χ0n) is 12.1. The van der Waals surface area contributed by atoms with E-state index in [0.717, 1.165) is 31.9 Å². The van der Waals surface area contributed by atoms with E-state index in [1.54, 1.807) is 0 Å². The van der Waals surface area contributed by atoms with Crippen LogP contribution in [0.5, 0.6) is 0 Å². The van der Waals surface area contributed by atoms with E-state index >= 15 is 0 Å². The summed E-state index contributed by atoms with van der Waals surface area (Å²) in [5.74, 6) is -0.277. The molecule has 1 fully saturated rings. The Kier molecular flexibility index (Phi) is 5.00. The monoisotopic (exact) mass is 311 g/mol. The smallest absolute Gasteiger partial charge is 0.251 e. The lowest BCUT2D eigenvalue weighted by molar-refractivity contribution is 0.0818. The molecule has 21 heavy (non-hydrogen) atoms. The van der Waals surface area contributed by atoms with Crippen LogP contribution in [0.4, 0.5) is 0 Å². The Morgan fingerprint density at radius 3 is 2.38 bits per heavy atom. The van der Waals surface area contributed by atoms with Crippen molar-refractivity contribution in [1.82, 2.24) is 5.32 Å². The SMILES string of the molecule is CS(=O)(=O)c1ccc(C(=O)NC2CCCCCC2O)cc1. The first-order valence-electron chi connectivity index (χ1n) is 7.17. The van der Waals surface area contributed by atoms with Crippen LogP contribution in [0.25, 0.3) is 0 Å². The molecule has 6 heteroatoms. The molecule has 1 aromatic rings. The van der Waals surface area contributed by atoms with E-state index in [0.29, 0.717) is 12.0 Å². The summed E-state index contributed by atoms with van der Waals surface area (Å²) in [6.07, 6.45) is 5.15. The van der Waals surface area contributed by atoms with Crippen molar-refractivity contribution in [3.63, 3.8) is 0 Å². The van der Waals surface area contributed by atoms with Gasteiger partial charge in [-0.15, -0.1) is 0 Å². The lowest BCUT2D eigenvalue weighted by Crippen LogP contribution is -2.42. The maximum atomic E-state index is 12.2. The number of sulfone groups is 1. The van der Waals surface area contributed by atoms with Gasteiger partial charge in [-0.1, -0.05) is 19.3 Å². The minimum absolute atomic E-state index is 0.188. The summed E-state index contributed by atoms with van der Waals surface area (Å²) in [5.41, 5.74) is 0.402. The first-order chi connectivity index (χ1) is 9.88. The van der Waals surface area contributed by atoms with E-state index in [9.17, 15) is 18.3 Å². The number of benzene rings is 1. The van der Waals surface area contributed by atoms with Gasteiger partial charge in [-0.25, -0.2) is 8.42 Å². The summed E-state index contributed by atoms with van der Waals surface area (Å²) in [5, 5.41) is 12.8. The van der Waals surface area contributed by atoms with Crippen molar-refractivity contribution in [1.29, 1.82) is 0 Å². The van der Waals surface area contributed by atoms with Crippen molar-refractivity contribution < 1.29 is 18.3 Å². The third-order valence-corrected chi connectivity index (χ3v) is 4.97. The van der Waals surface area contributed by atoms with Gasteiger partial charge in [0.1, 0.15) is 0 Å². The molecule has 2 N–H and O–H groups in total. The van der Waals surface area contributed by atoms with Crippen molar-refractivity contribution in [2.75, 3.05) is 6.26 Å². The minimum Gasteiger partial charge on any atom is -0.391 e. The lowest BCUT2D eigenvalue weighted by atomic mass is 10.1. The molecule has 0 heterocycles. The van der Waals surface area contributed by atoms with Crippen LogP contribution in [-0.2, 0) is 9.84 Å². The fraction of sp³-hybridized carbons (Fsp3) is 0.533. The van der Waals surface area contributed by atoms with Crippen molar-refractivity contribution in [3.05, 3.63) is 29.8 Å². The molecule has 0 radical (unpaired) electrons. The number of rotatable bonds is 3. The van der Waals surface area contributed by atoms with Gasteiger partial charge in [-0.3, -0.25) is 4.79 Å². The molecule has 2 rings (SSSR count). The molecule has 116 valence electrons. The van der Waals surface area contributed by atoms with Crippen LogP contribution in [0.15, 0.2) is 29.2 Å². The summed E-state index contributed by atoms with van der Waals surface area (Å²) in [6.45, 7) is 0. The van der Waals surface area contributed by atoms with E-state index in [4.69, 9.17) is 0 Å². The Morgan fingerprint density at radius 1 is 1.14 bits per heavy atom. The number of hydrogen-bond donors (Lipinski definition) is 2. The standard InChI is InChI=1S/C15H21NO4S/c1-21(19,20)12-9-7-11(8-10-12)15(18)16-13-5-3-2-4-6-14(13)17/h7-10,13-14,17H,2-6H2,1H3,(H,16,18). The predicted molar refractivity (Wildman–Crippen MR) is 79.9 cm³/mol. The van der Waals surface area contributed by atoms with Gasteiger partial charge in [0.15, 0.2) is 9.84 Å². The average Bonchev–Trinajstić information content (AvgIpc) is 2.63. The van der Waals surface area contributed by atoms with Crippen molar-refractivity contribution in [2.45, 2.75) is 49.1 Å². The number of aliphatic hydroxyl groups excluding tert-OH is 1. The number of carbonyl (C=O) groups excluding carboxylic acids is 1. The van der Waals surface area contributed by atoms with Crippen LogP contribution in [0.3, 0.4) is 0 Å². The van der Waals surface area contributed by atoms with E-state index in [-0.39, 0.29) is 16.8 Å². The van der Waals surface area contributed by atoms with Crippen molar-refractivity contribution in [2.24, 2.45) is 0 Å². The molecule has 0 bridgehead atoms. The van der Waals surface area contributed by atoms with Crippen molar-refractivity contribution >= 4 is 15.7 Å². The van der Waals surface area contributed by atoms with E-state index < -0.39 is 15.9 Å². The van der Waals surface area contributed by atoms with Gasteiger partial charge in [-0.05, 0) is 37.1 Å².